The van der Waals surface area contributed by atoms with Gasteiger partial charge < -0.3 is 5.32 Å². The molecule has 1 N–H and O–H groups in total. The molecule has 1 heterocycles. The van der Waals surface area contributed by atoms with Gasteiger partial charge in [0.25, 0.3) is 5.91 Å². The van der Waals surface area contributed by atoms with Crippen LogP contribution in [-0.4, -0.2) is 31.8 Å². The summed E-state index contributed by atoms with van der Waals surface area (Å²) in [5.74, 6) is 1.13. The van der Waals surface area contributed by atoms with Crippen LogP contribution in [0.1, 0.15) is 55.3 Å². The molecule has 0 aromatic heterocycles. The molecule has 1 aliphatic carbocycles. The molecule has 1 aliphatic heterocycles. The molecule has 144 valence electrons. The van der Waals surface area contributed by atoms with Gasteiger partial charge in [0.1, 0.15) is 5.82 Å². The van der Waals surface area contributed by atoms with Gasteiger partial charge in [0, 0.05) is 25.8 Å². The first-order valence-corrected chi connectivity index (χ1v) is 10.6. The number of halogens is 1. The molecule has 0 spiro atoms. The first kappa shape index (κ1) is 19.5. The van der Waals surface area contributed by atoms with Crippen molar-refractivity contribution in [2.24, 2.45) is 10.2 Å². The van der Waals surface area contributed by atoms with Crippen LogP contribution >= 0.6 is 0 Å². The van der Waals surface area contributed by atoms with Crippen LogP contribution in [0.4, 0.5) is 4.39 Å². The van der Waals surface area contributed by atoms with E-state index in [2.05, 4.69) is 21.5 Å². The highest BCUT2D eigenvalue weighted by Crippen LogP contribution is 2.36. The number of benzene rings is 1. The van der Waals surface area contributed by atoms with E-state index in [1.807, 2.05) is 0 Å². The number of nitrogens with one attached hydrogen (secondary N) is 1. The lowest BCUT2D eigenvalue weighted by atomic mass is 10.0. The van der Waals surface area contributed by atoms with Gasteiger partial charge in [-0.15, -0.1) is 12.3 Å². The summed E-state index contributed by atoms with van der Waals surface area (Å²) in [6.07, 6.45) is 9.81. The Labute approximate surface area is 158 Å². The molecule has 8 heteroatoms. The standard InChI is InChI=1S/C19H22FN3O3S/c1-2-3-10-19(22-23-19)11-12-21-18(24)16-13-15(8-9-17(16)20)27(25,26)14-6-4-5-7-14/h1,8-9,13-14H,3-7,10-12H2,(H,21,24). The van der Waals surface area contributed by atoms with Gasteiger partial charge in [0.15, 0.2) is 15.5 Å². The van der Waals surface area contributed by atoms with E-state index >= 15 is 0 Å². The minimum Gasteiger partial charge on any atom is -0.352 e. The Hall–Kier alpha value is -2.27. The van der Waals surface area contributed by atoms with Crippen molar-refractivity contribution in [1.29, 1.82) is 0 Å². The van der Waals surface area contributed by atoms with Crippen molar-refractivity contribution in [2.75, 3.05) is 6.54 Å². The van der Waals surface area contributed by atoms with Crippen LogP contribution in [-0.2, 0) is 9.84 Å². The third-order valence-corrected chi connectivity index (χ3v) is 7.38. The van der Waals surface area contributed by atoms with Crippen molar-refractivity contribution >= 4 is 15.7 Å². The monoisotopic (exact) mass is 391 g/mol. The van der Waals surface area contributed by atoms with Gasteiger partial charge in [0.2, 0.25) is 0 Å². The van der Waals surface area contributed by atoms with E-state index < -0.39 is 32.5 Å². The van der Waals surface area contributed by atoms with Crippen molar-refractivity contribution in [3.05, 3.63) is 29.6 Å². The summed E-state index contributed by atoms with van der Waals surface area (Å²) in [5.41, 5.74) is -0.803. The number of rotatable bonds is 8. The topological polar surface area (TPSA) is 88.0 Å². The molecule has 1 aromatic rings. The fraction of sp³-hybridized carbons (Fsp3) is 0.526. The zero-order valence-electron chi connectivity index (χ0n) is 14.9. The van der Waals surface area contributed by atoms with Gasteiger partial charge >= 0.3 is 0 Å². The second kappa shape index (κ2) is 7.77. The summed E-state index contributed by atoms with van der Waals surface area (Å²) in [6.45, 7) is 0.245. The maximum absolute atomic E-state index is 14.1. The van der Waals surface area contributed by atoms with Crippen LogP contribution in [0.3, 0.4) is 0 Å². The zero-order chi connectivity index (χ0) is 19.5. The highest BCUT2D eigenvalue weighted by Gasteiger charge is 2.38. The van der Waals surface area contributed by atoms with Crippen LogP contribution in [0.25, 0.3) is 0 Å². The SMILES string of the molecule is C#CCCC1(CCNC(=O)c2cc(S(=O)(=O)C3CCCC3)ccc2F)N=N1. The van der Waals surface area contributed by atoms with E-state index in [-0.39, 0.29) is 17.0 Å². The minimum atomic E-state index is -3.55. The molecule has 0 saturated heterocycles. The molecular formula is C19H22FN3O3S. The summed E-state index contributed by atoms with van der Waals surface area (Å²) < 4.78 is 39.5. The van der Waals surface area contributed by atoms with Crippen molar-refractivity contribution in [1.82, 2.24) is 5.32 Å². The van der Waals surface area contributed by atoms with Gasteiger partial charge in [-0.25, -0.2) is 12.8 Å². The summed E-state index contributed by atoms with van der Waals surface area (Å²) in [6, 6.07) is 3.41. The molecule has 3 rings (SSSR count). The Morgan fingerprint density at radius 1 is 1.30 bits per heavy atom. The fourth-order valence-electron chi connectivity index (χ4n) is 3.39. The number of hydrogen-bond acceptors (Lipinski definition) is 5. The summed E-state index contributed by atoms with van der Waals surface area (Å²) >= 11 is 0. The molecule has 1 aromatic carbocycles. The molecule has 27 heavy (non-hydrogen) atoms. The van der Waals surface area contributed by atoms with Crippen molar-refractivity contribution < 1.29 is 17.6 Å². The Morgan fingerprint density at radius 2 is 2.00 bits per heavy atom. The fourth-order valence-corrected chi connectivity index (χ4v) is 5.26. The predicted octanol–water partition coefficient (Wildman–Crippen LogP) is 3.24. The number of sulfone groups is 1. The van der Waals surface area contributed by atoms with Gasteiger partial charge in [0.05, 0.1) is 15.7 Å². The second-order valence-electron chi connectivity index (χ2n) is 6.99. The predicted molar refractivity (Wildman–Crippen MR) is 98.4 cm³/mol. The third-order valence-electron chi connectivity index (χ3n) is 5.12. The van der Waals surface area contributed by atoms with Crippen molar-refractivity contribution in [3.8, 4) is 12.3 Å². The van der Waals surface area contributed by atoms with Crippen LogP contribution in [0.15, 0.2) is 33.3 Å². The van der Waals surface area contributed by atoms with Gasteiger partial charge in [-0.3, -0.25) is 4.79 Å². The smallest absolute Gasteiger partial charge is 0.254 e. The quantitative estimate of drug-likeness (QED) is 0.545. The van der Waals surface area contributed by atoms with Gasteiger partial charge in [-0.1, -0.05) is 12.8 Å². The summed E-state index contributed by atoms with van der Waals surface area (Å²) in [7, 11) is -3.55. The Kier molecular flexibility index (Phi) is 5.61. The lowest BCUT2D eigenvalue weighted by molar-refractivity contribution is 0.0947. The summed E-state index contributed by atoms with van der Waals surface area (Å²) in [4.78, 5) is 12.3. The number of hydrogen-bond donors (Lipinski definition) is 1. The minimum absolute atomic E-state index is 0.00127. The number of amides is 1. The Bertz CT molecular complexity index is 893. The number of terminal acetylenes is 1. The maximum atomic E-state index is 14.1. The van der Waals surface area contributed by atoms with Crippen LogP contribution in [0.2, 0.25) is 0 Å². The zero-order valence-corrected chi connectivity index (χ0v) is 15.8. The molecule has 1 amide bonds. The highest BCUT2D eigenvalue weighted by molar-refractivity contribution is 7.92. The third kappa shape index (κ3) is 4.35. The van der Waals surface area contributed by atoms with E-state index in [4.69, 9.17) is 6.42 Å². The van der Waals surface area contributed by atoms with E-state index in [1.54, 1.807) is 0 Å². The van der Waals surface area contributed by atoms with Crippen LogP contribution in [0, 0.1) is 18.2 Å². The van der Waals surface area contributed by atoms with E-state index in [1.165, 1.54) is 6.07 Å². The lowest BCUT2D eigenvalue weighted by Crippen LogP contribution is -2.29. The molecular weight excluding hydrogens is 369 g/mol. The summed E-state index contributed by atoms with van der Waals surface area (Å²) in [5, 5.41) is 10.1. The van der Waals surface area contributed by atoms with Crippen molar-refractivity contribution in [2.45, 2.75) is 60.8 Å². The Morgan fingerprint density at radius 3 is 2.63 bits per heavy atom. The van der Waals surface area contributed by atoms with E-state index in [9.17, 15) is 17.6 Å². The normalized spacial score (nSPS) is 18.2. The Balaban J connectivity index is 1.65. The first-order chi connectivity index (χ1) is 12.9. The van der Waals surface area contributed by atoms with E-state index in [0.717, 1.165) is 25.0 Å². The van der Waals surface area contributed by atoms with Crippen LogP contribution < -0.4 is 5.32 Å². The second-order valence-corrected chi connectivity index (χ2v) is 9.21. The average Bonchev–Trinajstić information content (AvgIpc) is 3.18. The van der Waals surface area contributed by atoms with Crippen molar-refractivity contribution in [3.63, 3.8) is 0 Å². The lowest BCUT2D eigenvalue weighted by Gasteiger charge is -2.13. The molecule has 1 saturated carbocycles. The maximum Gasteiger partial charge on any atom is 0.254 e. The number of nitrogens with zero attached hydrogens (tertiary/aromatic N) is 2. The molecule has 0 bridgehead atoms. The van der Waals surface area contributed by atoms with Gasteiger partial charge in [-0.2, -0.15) is 10.2 Å². The number of carbonyl (C=O) groups is 1. The number of carbonyl (C=O) groups excluding carboxylic acids is 1. The first-order valence-electron chi connectivity index (χ1n) is 9.07. The largest absolute Gasteiger partial charge is 0.352 e. The average molecular weight is 391 g/mol. The van der Waals surface area contributed by atoms with E-state index in [0.29, 0.717) is 32.1 Å². The molecule has 2 aliphatic rings. The van der Waals surface area contributed by atoms with Crippen LogP contribution in [0.5, 0.6) is 0 Å². The van der Waals surface area contributed by atoms with Gasteiger partial charge in [-0.05, 0) is 31.0 Å². The molecule has 0 unspecified atom stereocenters. The molecule has 1 fully saturated rings. The highest BCUT2D eigenvalue weighted by atomic mass is 32.2. The molecule has 6 nitrogen and oxygen atoms in total. The molecule has 0 radical (unpaired) electrons. The molecule has 0 atom stereocenters.